The van der Waals surface area contributed by atoms with E-state index >= 15 is 0 Å². The van der Waals surface area contributed by atoms with Gasteiger partial charge in [-0.05, 0) is 42.5 Å². The Morgan fingerprint density at radius 2 is 1.80 bits per heavy atom. The van der Waals surface area contributed by atoms with Crippen molar-refractivity contribution >= 4 is 23.7 Å². The maximum absolute atomic E-state index is 12.8. The molecule has 2 aromatic carbocycles. The molecule has 0 fully saturated rings. The van der Waals surface area contributed by atoms with Crippen molar-refractivity contribution in [1.29, 1.82) is 0 Å². The number of furan rings is 1. The van der Waals surface area contributed by atoms with Gasteiger partial charge in [0, 0.05) is 23.7 Å². The Morgan fingerprint density at radius 1 is 1.03 bits per heavy atom. The van der Waals surface area contributed by atoms with E-state index in [-0.39, 0.29) is 28.6 Å². The number of nitrogens with zero attached hydrogens (tertiary/aromatic N) is 1. The van der Waals surface area contributed by atoms with E-state index < -0.39 is 17.6 Å². The summed E-state index contributed by atoms with van der Waals surface area (Å²) in [6.07, 6.45) is -3.22. The monoisotopic (exact) mass is 415 g/mol. The van der Waals surface area contributed by atoms with Crippen LogP contribution in [0.25, 0.3) is 11.3 Å². The van der Waals surface area contributed by atoms with E-state index in [1.54, 1.807) is 18.2 Å². The van der Waals surface area contributed by atoms with Gasteiger partial charge in [-0.3, -0.25) is 9.59 Å². The molecule has 0 atom stereocenters. The number of rotatable bonds is 5. The number of hydrogen-bond donors (Lipinski definition) is 2. The van der Waals surface area contributed by atoms with Crippen molar-refractivity contribution in [3.05, 3.63) is 77.6 Å². The summed E-state index contributed by atoms with van der Waals surface area (Å²) in [5.74, 6) is -0.297. The van der Waals surface area contributed by atoms with Gasteiger partial charge in [0.15, 0.2) is 0 Å². The number of carbonyl (C=O) groups is 2. The van der Waals surface area contributed by atoms with Crippen LogP contribution in [0.5, 0.6) is 0 Å². The average molecular weight is 415 g/mol. The Bertz CT molecular complexity index is 1100. The molecule has 3 aromatic rings. The molecule has 6 nitrogen and oxygen atoms in total. The third-order valence-corrected chi connectivity index (χ3v) is 3.90. The third kappa shape index (κ3) is 5.34. The molecule has 0 saturated carbocycles. The van der Waals surface area contributed by atoms with Gasteiger partial charge in [0.2, 0.25) is 5.91 Å². The maximum atomic E-state index is 12.8. The molecule has 9 heteroatoms. The fraction of sp³-hybridized carbons (Fsp3) is 0.0952. The lowest BCUT2D eigenvalue weighted by atomic mass is 10.1. The van der Waals surface area contributed by atoms with Crippen LogP contribution >= 0.6 is 0 Å². The van der Waals surface area contributed by atoms with E-state index in [0.29, 0.717) is 5.69 Å². The summed E-state index contributed by atoms with van der Waals surface area (Å²) in [6.45, 7) is 1.36. The zero-order valence-electron chi connectivity index (χ0n) is 15.7. The molecule has 154 valence electrons. The van der Waals surface area contributed by atoms with Gasteiger partial charge >= 0.3 is 6.18 Å². The van der Waals surface area contributed by atoms with E-state index in [1.165, 1.54) is 43.5 Å². The van der Waals surface area contributed by atoms with Crippen LogP contribution in [-0.2, 0) is 11.0 Å². The Kier molecular flexibility index (Phi) is 6.01. The van der Waals surface area contributed by atoms with E-state index in [0.717, 1.165) is 12.1 Å². The predicted octanol–water partition coefficient (Wildman–Crippen LogP) is 4.69. The lowest BCUT2D eigenvalue weighted by Crippen LogP contribution is -2.18. The fourth-order valence-electron chi connectivity index (χ4n) is 2.59. The summed E-state index contributed by atoms with van der Waals surface area (Å²) in [5.41, 5.74) is 2.55. The smallest absolute Gasteiger partial charge is 0.416 e. The standard InChI is InChI=1S/C21H16F3N3O3/c1-13(28)26-17-7-3-5-15(11-17)20(29)27-25-12-18-8-9-19(30-18)14-4-2-6-16(10-14)21(22,23)24/h2-12H,1H3,(H,26,28)(H,27,29). The summed E-state index contributed by atoms with van der Waals surface area (Å²) < 4.78 is 44.0. The lowest BCUT2D eigenvalue weighted by molar-refractivity contribution is -0.137. The number of amides is 2. The number of hydrogen-bond acceptors (Lipinski definition) is 4. The highest BCUT2D eigenvalue weighted by molar-refractivity contribution is 5.97. The number of alkyl halides is 3. The minimum absolute atomic E-state index is 0.233. The predicted molar refractivity (Wildman–Crippen MR) is 105 cm³/mol. The minimum Gasteiger partial charge on any atom is -0.455 e. The summed E-state index contributed by atoms with van der Waals surface area (Å²) in [5, 5.41) is 6.36. The molecule has 0 aliphatic heterocycles. The molecule has 0 saturated heterocycles. The van der Waals surface area contributed by atoms with Crippen LogP contribution in [0.3, 0.4) is 0 Å². The molecule has 30 heavy (non-hydrogen) atoms. The van der Waals surface area contributed by atoms with Crippen LogP contribution in [0, 0.1) is 0 Å². The molecule has 0 aliphatic rings. The average Bonchev–Trinajstić information content (AvgIpc) is 3.16. The van der Waals surface area contributed by atoms with Gasteiger partial charge in [0.1, 0.15) is 11.5 Å². The van der Waals surface area contributed by atoms with Crippen LogP contribution in [0.2, 0.25) is 0 Å². The van der Waals surface area contributed by atoms with Crippen molar-refractivity contribution in [3.63, 3.8) is 0 Å². The Balaban J connectivity index is 1.66. The summed E-state index contributed by atoms with van der Waals surface area (Å²) >= 11 is 0. The van der Waals surface area contributed by atoms with Crippen molar-refractivity contribution in [3.8, 4) is 11.3 Å². The molecule has 0 spiro atoms. The first-order valence-electron chi connectivity index (χ1n) is 8.71. The molecule has 1 heterocycles. The van der Waals surface area contributed by atoms with Crippen LogP contribution in [0.1, 0.15) is 28.6 Å². The van der Waals surface area contributed by atoms with Crippen molar-refractivity contribution < 1.29 is 27.2 Å². The summed E-state index contributed by atoms with van der Waals surface area (Å²) in [6, 6.07) is 14.1. The van der Waals surface area contributed by atoms with Gasteiger partial charge in [-0.15, -0.1) is 0 Å². The highest BCUT2D eigenvalue weighted by atomic mass is 19.4. The number of carbonyl (C=O) groups excluding carboxylic acids is 2. The highest BCUT2D eigenvalue weighted by Gasteiger charge is 2.30. The second-order valence-electron chi connectivity index (χ2n) is 6.24. The molecular formula is C21H16F3N3O3. The first-order valence-corrected chi connectivity index (χ1v) is 8.71. The molecule has 0 aliphatic carbocycles. The molecule has 0 bridgehead atoms. The molecule has 2 N–H and O–H groups in total. The lowest BCUT2D eigenvalue weighted by Gasteiger charge is -2.07. The van der Waals surface area contributed by atoms with Gasteiger partial charge < -0.3 is 9.73 Å². The first kappa shape index (κ1) is 20.8. The molecule has 0 unspecified atom stereocenters. The second-order valence-corrected chi connectivity index (χ2v) is 6.24. The summed E-state index contributed by atoms with van der Waals surface area (Å²) in [7, 11) is 0. The van der Waals surface area contributed by atoms with E-state index in [9.17, 15) is 22.8 Å². The molecule has 1 aromatic heterocycles. The Hall–Kier alpha value is -3.88. The zero-order chi connectivity index (χ0) is 21.7. The van der Waals surface area contributed by atoms with Crippen molar-refractivity contribution in [2.75, 3.05) is 5.32 Å². The molecule has 3 rings (SSSR count). The van der Waals surface area contributed by atoms with Crippen LogP contribution in [0.4, 0.5) is 18.9 Å². The fourth-order valence-corrected chi connectivity index (χ4v) is 2.59. The van der Waals surface area contributed by atoms with E-state index in [4.69, 9.17) is 4.42 Å². The Labute approximate surface area is 169 Å². The van der Waals surface area contributed by atoms with Crippen LogP contribution in [0.15, 0.2) is 70.2 Å². The largest absolute Gasteiger partial charge is 0.455 e. The number of anilines is 1. The SMILES string of the molecule is CC(=O)Nc1cccc(C(=O)NN=Cc2ccc(-c3cccc(C(F)(F)F)c3)o2)c1. The van der Waals surface area contributed by atoms with E-state index in [2.05, 4.69) is 15.8 Å². The normalized spacial score (nSPS) is 11.5. The number of benzene rings is 2. The number of nitrogens with one attached hydrogen (secondary N) is 2. The molecule has 2 amide bonds. The van der Waals surface area contributed by atoms with Crippen molar-refractivity contribution in [2.45, 2.75) is 13.1 Å². The topological polar surface area (TPSA) is 83.7 Å². The summed E-state index contributed by atoms with van der Waals surface area (Å²) in [4.78, 5) is 23.3. The van der Waals surface area contributed by atoms with Gasteiger partial charge in [-0.1, -0.05) is 18.2 Å². The van der Waals surface area contributed by atoms with Gasteiger partial charge in [-0.25, -0.2) is 5.43 Å². The Morgan fingerprint density at radius 3 is 2.53 bits per heavy atom. The van der Waals surface area contributed by atoms with Gasteiger partial charge in [0.05, 0.1) is 11.8 Å². The van der Waals surface area contributed by atoms with Crippen LogP contribution in [-0.4, -0.2) is 18.0 Å². The number of hydrazone groups is 1. The second kappa shape index (κ2) is 8.64. The quantitative estimate of drug-likeness (QED) is 0.469. The van der Waals surface area contributed by atoms with Gasteiger partial charge in [-0.2, -0.15) is 18.3 Å². The molecular weight excluding hydrogens is 399 g/mol. The van der Waals surface area contributed by atoms with Crippen molar-refractivity contribution in [1.82, 2.24) is 5.43 Å². The highest BCUT2D eigenvalue weighted by Crippen LogP contribution is 2.32. The zero-order valence-corrected chi connectivity index (χ0v) is 15.7. The van der Waals surface area contributed by atoms with Crippen molar-refractivity contribution in [2.24, 2.45) is 5.10 Å². The van der Waals surface area contributed by atoms with Crippen LogP contribution < -0.4 is 10.7 Å². The number of halogens is 3. The molecule has 0 radical (unpaired) electrons. The van der Waals surface area contributed by atoms with E-state index in [1.807, 2.05) is 0 Å². The van der Waals surface area contributed by atoms with Gasteiger partial charge in [0.25, 0.3) is 5.91 Å². The first-order chi connectivity index (χ1) is 14.2. The maximum Gasteiger partial charge on any atom is 0.416 e. The third-order valence-electron chi connectivity index (χ3n) is 3.90. The minimum atomic E-state index is -4.45.